The predicted molar refractivity (Wildman–Crippen MR) is 136 cm³/mol. The van der Waals surface area contributed by atoms with Crippen molar-refractivity contribution in [3.05, 3.63) is 69.7 Å². The Hall–Kier alpha value is -3.94. The average molecular weight is 558 g/mol. The highest BCUT2D eigenvalue weighted by atomic mass is 35.5. The Kier molecular flexibility index (Phi) is 10.0. The van der Waals surface area contributed by atoms with Gasteiger partial charge in [-0.1, -0.05) is 35.9 Å². The minimum atomic E-state index is -1.27. The molecule has 3 rings (SSSR count). The van der Waals surface area contributed by atoms with Crippen LogP contribution in [-0.2, 0) is 49.3 Å². The van der Waals surface area contributed by atoms with Crippen molar-refractivity contribution in [2.75, 3.05) is 6.61 Å². The first kappa shape index (κ1) is 29.6. The van der Waals surface area contributed by atoms with Gasteiger partial charge in [-0.15, -0.1) is 0 Å². The van der Waals surface area contributed by atoms with Crippen LogP contribution in [0.5, 0.6) is 0 Å². The molecule has 1 heterocycles. The number of carbonyl (C=O) groups is 4. The van der Waals surface area contributed by atoms with E-state index in [2.05, 4.69) is 6.07 Å². The predicted octanol–water partition coefficient (Wildman–Crippen LogP) is 3.60. The van der Waals surface area contributed by atoms with E-state index in [4.69, 9.17) is 40.5 Å². The summed E-state index contributed by atoms with van der Waals surface area (Å²) in [5.74, 6) is -2.69. The van der Waals surface area contributed by atoms with Gasteiger partial charge >= 0.3 is 23.9 Å². The van der Waals surface area contributed by atoms with E-state index in [9.17, 15) is 19.2 Å². The van der Waals surface area contributed by atoms with Gasteiger partial charge in [0.25, 0.3) is 0 Å². The Bertz CT molecular complexity index is 1270. The number of nitriles is 1. The van der Waals surface area contributed by atoms with Crippen LogP contribution in [0, 0.1) is 11.3 Å². The van der Waals surface area contributed by atoms with Crippen molar-refractivity contribution in [2.45, 2.75) is 64.6 Å². The van der Waals surface area contributed by atoms with E-state index >= 15 is 0 Å². The summed E-state index contributed by atoms with van der Waals surface area (Å²) in [6, 6.07) is 14.2. The lowest BCUT2D eigenvalue weighted by Crippen LogP contribution is -2.59. The van der Waals surface area contributed by atoms with Crippen LogP contribution in [0.15, 0.2) is 42.5 Å². The number of ether oxygens (including phenoxy) is 5. The van der Waals surface area contributed by atoms with E-state index < -0.39 is 54.4 Å². The molecule has 39 heavy (non-hydrogen) atoms. The molecule has 0 aromatic heterocycles. The molecule has 5 atom stereocenters. The van der Waals surface area contributed by atoms with E-state index in [1.54, 1.807) is 30.3 Å². The van der Waals surface area contributed by atoms with Gasteiger partial charge < -0.3 is 23.7 Å². The number of nitrogens with zero attached hydrogens (tertiary/aromatic N) is 1. The number of rotatable bonds is 8. The summed E-state index contributed by atoms with van der Waals surface area (Å²) < 4.78 is 27.9. The monoisotopic (exact) mass is 557 g/mol. The molecule has 0 amide bonds. The standard InChI is InChI=1S/C28H28ClNO9/c1-15(31)35-14-24-26(36-16(2)32)28(38-18(4)34)27(37-17(3)33)25(39-24)21-9-10-23(29)22(12-21)11-19-5-7-20(13-30)8-6-19/h5-10,12,24-28H,11,14H2,1-4H3/t24-,25+,26-,27+,28+/m1/s1. The van der Waals surface area contributed by atoms with Gasteiger partial charge in [0.1, 0.15) is 18.8 Å². The molecule has 2 aromatic rings. The third-order valence-electron chi connectivity index (χ3n) is 5.87. The number of halogens is 1. The molecule has 10 nitrogen and oxygen atoms in total. The summed E-state index contributed by atoms with van der Waals surface area (Å²) in [5, 5.41) is 9.52. The minimum absolute atomic E-state index is 0.319. The molecule has 0 saturated carbocycles. The van der Waals surface area contributed by atoms with E-state index in [1.165, 1.54) is 20.8 Å². The molecule has 0 N–H and O–H groups in total. The van der Waals surface area contributed by atoms with Crippen LogP contribution < -0.4 is 0 Å². The molecule has 1 aliphatic rings. The highest BCUT2D eigenvalue weighted by molar-refractivity contribution is 6.31. The smallest absolute Gasteiger partial charge is 0.303 e. The third kappa shape index (κ3) is 8.02. The third-order valence-corrected chi connectivity index (χ3v) is 6.24. The van der Waals surface area contributed by atoms with E-state index in [0.29, 0.717) is 28.1 Å². The zero-order valence-corrected chi connectivity index (χ0v) is 22.6. The fourth-order valence-electron chi connectivity index (χ4n) is 4.32. The topological polar surface area (TPSA) is 138 Å². The quantitative estimate of drug-likeness (QED) is 0.349. The molecule has 0 bridgehead atoms. The van der Waals surface area contributed by atoms with E-state index in [0.717, 1.165) is 12.5 Å². The van der Waals surface area contributed by atoms with Crippen molar-refractivity contribution in [1.82, 2.24) is 0 Å². The molecule has 0 radical (unpaired) electrons. The zero-order valence-electron chi connectivity index (χ0n) is 21.8. The Morgan fingerprint density at radius 1 is 0.846 bits per heavy atom. The molecule has 206 valence electrons. The SMILES string of the molecule is CC(=O)OC[C@H]1O[C@@H](c2ccc(Cl)c(Cc3ccc(C#N)cc3)c2)[C@H](OC(C)=O)[C@@H](OC(C)=O)[C@@H]1OC(C)=O. The number of hydrogen-bond donors (Lipinski definition) is 0. The van der Waals surface area contributed by atoms with Crippen molar-refractivity contribution in [2.24, 2.45) is 0 Å². The Labute approximate surface area is 230 Å². The van der Waals surface area contributed by atoms with Crippen LogP contribution in [0.25, 0.3) is 0 Å². The van der Waals surface area contributed by atoms with E-state index in [1.807, 2.05) is 12.1 Å². The number of carbonyl (C=O) groups excluding carboxylic acids is 4. The van der Waals surface area contributed by atoms with Crippen LogP contribution in [0.1, 0.15) is 56.1 Å². The maximum absolute atomic E-state index is 12.1. The normalized spacial score (nSPS) is 22.2. The van der Waals surface area contributed by atoms with Crippen LogP contribution in [0.2, 0.25) is 5.02 Å². The van der Waals surface area contributed by atoms with Gasteiger partial charge in [0.15, 0.2) is 18.3 Å². The molecule has 0 unspecified atom stereocenters. The van der Waals surface area contributed by atoms with Crippen molar-refractivity contribution in [1.29, 1.82) is 5.26 Å². The maximum atomic E-state index is 12.1. The van der Waals surface area contributed by atoms with E-state index in [-0.39, 0.29) is 6.61 Å². The lowest BCUT2D eigenvalue weighted by molar-refractivity contribution is -0.254. The molecule has 0 aliphatic carbocycles. The maximum Gasteiger partial charge on any atom is 0.303 e. The highest BCUT2D eigenvalue weighted by Crippen LogP contribution is 2.39. The van der Waals surface area contributed by atoms with Gasteiger partial charge in [0.05, 0.1) is 11.6 Å². The van der Waals surface area contributed by atoms with Gasteiger partial charge in [-0.25, -0.2) is 0 Å². The second-order valence-electron chi connectivity index (χ2n) is 8.96. The molecular weight excluding hydrogens is 530 g/mol. The number of esters is 4. The first-order valence-electron chi connectivity index (χ1n) is 12.1. The fraction of sp³-hybridized carbons (Fsp3) is 0.393. The van der Waals surface area contributed by atoms with Crippen LogP contribution >= 0.6 is 11.6 Å². The fourth-order valence-corrected chi connectivity index (χ4v) is 4.51. The summed E-state index contributed by atoms with van der Waals surface area (Å²) in [4.78, 5) is 47.7. The lowest BCUT2D eigenvalue weighted by atomic mass is 9.89. The van der Waals surface area contributed by atoms with Crippen molar-refractivity contribution in [3.8, 4) is 6.07 Å². The molecule has 1 fully saturated rings. The second-order valence-corrected chi connectivity index (χ2v) is 9.36. The summed E-state index contributed by atoms with van der Waals surface area (Å²) >= 11 is 6.49. The number of benzene rings is 2. The first-order chi connectivity index (χ1) is 18.5. The van der Waals surface area contributed by atoms with Crippen LogP contribution in [-0.4, -0.2) is 54.9 Å². The lowest BCUT2D eigenvalue weighted by Gasteiger charge is -2.44. The number of hydrogen-bond acceptors (Lipinski definition) is 10. The summed E-state index contributed by atoms with van der Waals surface area (Å²) in [6.45, 7) is 4.40. The van der Waals surface area contributed by atoms with Gasteiger partial charge in [-0.3, -0.25) is 19.2 Å². The Morgan fingerprint density at radius 2 is 1.44 bits per heavy atom. The first-order valence-corrected chi connectivity index (χ1v) is 12.4. The van der Waals surface area contributed by atoms with Gasteiger partial charge in [-0.2, -0.15) is 5.26 Å². The van der Waals surface area contributed by atoms with Gasteiger partial charge in [0.2, 0.25) is 0 Å². The summed E-state index contributed by atoms with van der Waals surface area (Å²) in [5.41, 5.74) is 2.66. The molecule has 1 aliphatic heterocycles. The minimum Gasteiger partial charge on any atom is -0.463 e. The molecule has 0 spiro atoms. The van der Waals surface area contributed by atoms with Crippen molar-refractivity contribution < 1.29 is 42.9 Å². The molecule has 1 saturated heterocycles. The van der Waals surface area contributed by atoms with Crippen molar-refractivity contribution >= 4 is 35.5 Å². The average Bonchev–Trinajstić information content (AvgIpc) is 2.86. The largest absolute Gasteiger partial charge is 0.463 e. The van der Waals surface area contributed by atoms with Crippen LogP contribution in [0.4, 0.5) is 0 Å². The zero-order chi connectivity index (χ0) is 28.7. The molecular formula is C28H28ClNO9. The van der Waals surface area contributed by atoms with Gasteiger partial charge in [0, 0.05) is 32.7 Å². The Balaban J connectivity index is 2.06. The summed E-state index contributed by atoms with van der Waals surface area (Å²) in [6.07, 6.45) is -5.37. The Morgan fingerprint density at radius 3 is 2.00 bits per heavy atom. The second kappa shape index (κ2) is 13.2. The molecule has 11 heteroatoms. The molecule has 2 aromatic carbocycles. The van der Waals surface area contributed by atoms with Crippen molar-refractivity contribution in [3.63, 3.8) is 0 Å². The van der Waals surface area contributed by atoms with Gasteiger partial charge in [-0.05, 0) is 41.3 Å². The van der Waals surface area contributed by atoms with Crippen LogP contribution in [0.3, 0.4) is 0 Å². The highest BCUT2D eigenvalue weighted by Gasteiger charge is 2.52. The summed E-state index contributed by atoms with van der Waals surface area (Å²) in [7, 11) is 0.